The first-order chi connectivity index (χ1) is 14.4. The molecule has 2 N–H and O–H groups in total. The molecule has 0 aliphatic heterocycles. The Hall–Kier alpha value is -2.41. The van der Waals surface area contributed by atoms with E-state index < -0.39 is 22.8 Å². The van der Waals surface area contributed by atoms with Crippen LogP contribution < -0.4 is 0 Å². The SMILES string of the molecule is COC[C@@H]1C[C@]1(C(=O)O)c1ccccc1.COC[C@@H]1C[C@]1(C(=O)O)c1ccccc1.Cl. The van der Waals surface area contributed by atoms with Gasteiger partial charge in [0.1, 0.15) is 0 Å². The van der Waals surface area contributed by atoms with Crippen molar-refractivity contribution in [2.24, 2.45) is 11.8 Å². The van der Waals surface area contributed by atoms with Crippen molar-refractivity contribution in [3.63, 3.8) is 0 Å². The van der Waals surface area contributed by atoms with Crippen LogP contribution in [0, 0.1) is 11.8 Å². The normalized spacial score (nSPS) is 27.8. The fourth-order valence-corrected chi connectivity index (χ4v) is 4.41. The van der Waals surface area contributed by atoms with E-state index in [-0.39, 0.29) is 24.2 Å². The summed E-state index contributed by atoms with van der Waals surface area (Å²) in [7, 11) is 3.21. The summed E-state index contributed by atoms with van der Waals surface area (Å²) >= 11 is 0. The van der Waals surface area contributed by atoms with Crippen LogP contribution >= 0.6 is 12.4 Å². The summed E-state index contributed by atoms with van der Waals surface area (Å²) in [4.78, 5) is 22.6. The minimum atomic E-state index is -0.740. The van der Waals surface area contributed by atoms with Gasteiger partial charge in [-0.1, -0.05) is 60.7 Å². The van der Waals surface area contributed by atoms with Crippen LogP contribution in [0.25, 0.3) is 0 Å². The van der Waals surface area contributed by atoms with Crippen LogP contribution in [0.2, 0.25) is 0 Å². The van der Waals surface area contributed by atoms with Gasteiger partial charge in [-0.2, -0.15) is 0 Å². The molecule has 0 bridgehead atoms. The monoisotopic (exact) mass is 448 g/mol. The first-order valence-electron chi connectivity index (χ1n) is 9.99. The van der Waals surface area contributed by atoms with Crippen molar-refractivity contribution >= 4 is 24.3 Å². The zero-order valence-corrected chi connectivity index (χ0v) is 18.5. The molecule has 0 radical (unpaired) electrons. The fraction of sp³-hybridized carbons (Fsp3) is 0.417. The van der Waals surface area contributed by atoms with Gasteiger partial charge in [-0.3, -0.25) is 9.59 Å². The second-order valence-corrected chi connectivity index (χ2v) is 8.00. The van der Waals surface area contributed by atoms with Gasteiger partial charge >= 0.3 is 11.9 Å². The van der Waals surface area contributed by atoms with Crippen LogP contribution in [-0.2, 0) is 29.9 Å². The molecule has 0 amide bonds. The van der Waals surface area contributed by atoms with Crippen molar-refractivity contribution in [3.8, 4) is 0 Å². The summed E-state index contributed by atoms with van der Waals surface area (Å²) in [6, 6.07) is 18.8. The second-order valence-electron chi connectivity index (χ2n) is 8.00. The number of hydrogen-bond donors (Lipinski definition) is 2. The van der Waals surface area contributed by atoms with Crippen LogP contribution in [0.1, 0.15) is 24.0 Å². The highest BCUT2D eigenvalue weighted by Crippen LogP contribution is 2.55. The van der Waals surface area contributed by atoms with Crippen LogP contribution in [0.3, 0.4) is 0 Å². The number of aliphatic carboxylic acids is 2. The lowest BCUT2D eigenvalue weighted by Gasteiger charge is -2.12. The first-order valence-corrected chi connectivity index (χ1v) is 9.99. The Kier molecular flexibility index (Phi) is 8.23. The molecule has 2 aliphatic carbocycles. The van der Waals surface area contributed by atoms with Crippen molar-refractivity contribution in [2.75, 3.05) is 27.4 Å². The first kappa shape index (κ1) is 24.9. The lowest BCUT2D eigenvalue weighted by atomic mass is 9.93. The minimum absolute atomic E-state index is 0. The van der Waals surface area contributed by atoms with E-state index in [0.717, 1.165) is 11.1 Å². The molecule has 4 atom stereocenters. The zero-order valence-electron chi connectivity index (χ0n) is 17.7. The molecule has 6 nitrogen and oxygen atoms in total. The lowest BCUT2D eigenvalue weighted by Crippen LogP contribution is -2.23. The van der Waals surface area contributed by atoms with E-state index >= 15 is 0 Å². The highest BCUT2D eigenvalue weighted by Gasteiger charge is 2.62. The van der Waals surface area contributed by atoms with Crippen molar-refractivity contribution in [1.82, 2.24) is 0 Å². The third-order valence-corrected chi connectivity index (χ3v) is 6.29. The maximum absolute atomic E-state index is 11.3. The quantitative estimate of drug-likeness (QED) is 0.638. The van der Waals surface area contributed by atoms with Crippen molar-refractivity contribution < 1.29 is 29.3 Å². The summed E-state index contributed by atoms with van der Waals surface area (Å²) in [5.41, 5.74) is 0.383. The van der Waals surface area contributed by atoms with Gasteiger partial charge in [0.05, 0.1) is 24.0 Å². The van der Waals surface area contributed by atoms with E-state index in [0.29, 0.717) is 26.1 Å². The summed E-state index contributed by atoms with van der Waals surface area (Å²) < 4.78 is 10.1. The molecule has 0 aromatic heterocycles. The highest BCUT2D eigenvalue weighted by atomic mass is 35.5. The molecule has 0 heterocycles. The van der Waals surface area contributed by atoms with Crippen molar-refractivity contribution in [1.29, 1.82) is 0 Å². The minimum Gasteiger partial charge on any atom is -0.481 e. The number of benzene rings is 2. The summed E-state index contributed by atoms with van der Waals surface area (Å²) in [6.07, 6.45) is 1.36. The number of hydrogen-bond acceptors (Lipinski definition) is 4. The number of rotatable bonds is 8. The Balaban J connectivity index is 0.000000213. The third kappa shape index (κ3) is 4.76. The molecule has 168 valence electrons. The summed E-state index contributed by atoms with van der Waals surface area (Å²) in [5, 5.41) is 18.6. The van der Waals surface area contributed by atoms with E-state index in [1.807, 2.05) is 60.7 Å². The number of methoxy groups -OCH3 is 2. The lowest BCUT2D eigenvalue weighted by molar-refractivity contribution is -0.141. The highest BCUT2D eigenvalue weighted by molar-refractivity contribution is 5.86. The third-order valence-electron chi connectivity index (χ3n) is 6.29. The van der Waals surface area contributed by atoms with E-state index in [4.69, 9.17) is 9.47 Å². The molecule has 7 heteroatoms. The van der Waals surface area contributed by atoms with Gasteiger partial charge in [0.25, 0.3) is 0 Å². The number of ether oxygens (including phenoxy) is 2. The van der Waals surface area contributed by atoms with Gasteiger partial charge in [-0.05, 0) is 24.0 Å². The Labute approximate surface area is 188 Å². The standard InChI is InChI=1S/2C12H14O3.ClH/c2*1-15-8-10-7-12(10,11(13)14)9-5-3-2-4-6-9;/h2*2-6,10H,7-8H2,1H3,(H,13,14);1H/t2*10-,12-;/m00./s1. The molecule has 2 aromatic carbocycles. The predicted molar refractivity (Wildman–Crippen MR) is 119 cm³/mol. The van der Waals surface area contributed by atoms with Crippen LogP contribution in [0.15, 0.2) is 60.7 Å². The van der Waals surface area contributed by atoms with Gasteiger partial charge in [0.15, 0.2) is 0 Å². The van der Waals surface area contributed by atoms with E-state index in [9.17, 15) is 19.8 Å². The molecule has 0 unspecified atom stereocenters. The fourth-order valence-electron chi connectivity index (χ4n) is 4.41. The molecular weight excluding hydrogens is 420 g/mol. The van der Waals surface area contributed by atoms with Crippen LogP contribution in [-0.4, -0.2) is 49.6 Å². The maximum atomic E-state index is 11.3. The second kappa shape index (κ2) is 10.3. The number of carboxylic acid groups (broad SMARTS) is 2. The van der Waals surface area contributed by atoms with Crippen LogP contribution in [0.4, 0.5) is 0 Å². The van der Waals surface area contributed by atoms with Gasteiger partial charge in [-0.15, -0.1) is 12.4 Å². The average molecular weight is 449 g/mol. The number of halogens is 1. The molecule has 0 spiro atoms. The van der Waals surface area contributed by atoms with Crippen molar-refractivity contribution in [2.45, 2.75) is 23.7 Å². The van der Waals surface area contributed by atoms with E-state index in [2.05, 4.69) is 0 Å². The Bertz CT molecular complexity index is 801. The average Bonchev–Trinajstić information content (AvgIpc) is 3.65. The molecule has 2 aromatic rings. The molecule has 2 aliphatic rings. The van der Waals surface area contributed by atoms with Gasteiger partial charge < -0.3 is 19.7 Å². The molecule has 2 fully saturated rings. The Morgan fingerprint density at radius 3 is 1.35 bits per heavy atom. The number of carboxylic acids is 2. The van der Waals surface area contributed by atoms with Crippen LogP contribution in [0.5, 0.6) is 0 Å². The van der Waals surface area contributed by atoms with Gasteiger partial charge in [-0.25, -0.2) is 0 Å². The molecular formula is C24H29ClO6. The molecule has 4 rings (SSSR count). The molecule has 0 saturated heterocycles. The number of carbonyl (C=O) groups is 2. The Morgan fingerprint density at radius 2 is 1.10 bits per heavy atom. The zero-order chi connectivity index (χ0) is 21.8. The maximum Gasteiger partial charge on any atom is 0.314 e. The summed E-state index contributed by atoms with van der Waals surface area (Å²) in [6.45, 7) is 1.03. The molecule has 2 saturated carbocycles. The van der Waals surface area contributed by atoms with Gasteiger partial charge in [0.2, 0.25) is 0 Å². The summed E-state index contributed by atoms with van der Waals surface area (Å²) in [5.74, 6) is -1.25. The Morgan fingerprint density at radius 1 is 0.774 bits per heavy atom. The van der Waals surface area contributed by atoms with E-state index in [1.165, 1.54) is 0 Å². The predicted octanol–water partition coefficient (Wildman–Crippen LogP) is 3.77. The van der Waals surface area contributed by atoms with Crippen molar-refractivity contribution in [3.05, 3.63) is 71.8 Å². The smallest absolute Gasteiger partial charge is 0.314 e. The van der Waals surface area contributed by atoms with E-state index in [1.54, 1.807) is 14.2 Å². The topological polar surface area (TPSA) is 93.1 Å². The van der Waals surface area contributed by atoms with Gasteiger partial charge in [0, 0.05) is 26.1 Å². The molecule has 31 heavy (non-hydrogen) atoms. The largest absolute Gasteiger partial charge is 0.481 e.